The molecule has 0 unspecified atom stereocenters. The Morgan fingerprint density at radius 1 is 0.731 bits per heavy atom. The van der Waals surface area contributed by atoms with Gasteiger partial charge in [-0.3, -0.25) is 10.2 Å². The maximum Gasteiger partial charge on any atom is 0.213 e. The van der Waals surface area contributed by atoms with E-state index in [1.54, 1.807) is 12.1 Å². The fourth-order valence-corrected chi connectivity index (χ4v) is 2.52. The zero-order valence-corrected chi connectivity index (χ0v) is 14.7. The van der Waals surface area contributed by atoms with Crippen molar-refractivity contribution in [2.45, 2.75) is 0 Å². The Labute approximate surface area is 157 Å². The molecule has 3 aromatic rings. The average molecular weight is 359 g/mol. The molecule has 0 saturated carbocycles. The van der Waals surface area contributed by atoms with Crippen LogP contribution in [0.15, 0.2) is 96.1 Å². The standard InChI is InChI=1S/C21H17N3OS/c25-20(17-12-6-2-7-13-17)19(16-10-4-1-5-11-16)23-24-21(26)22-18-14-8-3-9-15-18/h1-15H,(H2,22,24,26)/b23-19+. The second-order valence-corrected chi connectivity index (χ2v) is 5.86. The first-order chi connectivity index (χ1) is 12.7. The third-order valence-electron chi connectivity index (χ3n) is 3.60. The van der Waals surface area contributed by atoms with Crippen molar-refractivity contribution in [2.75, 3.05) is 5.32 Å². The van der Waals surface area contributed by atoms with Crippen LogP contribution in [0.5, 0.6) is 0 Å². The highest BCUT2D eigenvalue weighted by atomic mass is 32.1. The SMILES string of the molecule is O=C(/C(=N/NC(=S)Nc1ccccc1)c1ccccc1)c1ccccc1. The second kappa shape index (κ2) is 8.69. The maximum absolute atomic E-state index is 12.9. The van der Waals surface area contributed by atoms with E-state index in [1.165, 1.54) is 0 Å². The summed E-state index contributed by atoms with van der Waals surface area (Å²) in [6.07, 6.45) is 0. The van der Waals surface area contributed by atoms with Crippen LogP contribution in [-0.2, 0) is 0 Å². The molecule has 0 spiro atoms. The van der Waals surface area contributed by atoms with Gasteiger partial charge < -0.3 is 5.32 Å². The molecule has 4 nitrogen and oxygen atoms in total. The maximum atomic E-state index is 12.9. The van der Waals surface area contributed by atoms with E-state index >= 15 is 0 Å². The van der Waals surface area contributed by atoms with Crippen LogP contribution in [0, 0.1) is 0 Å². The normalized spacial score (nSPS) is 10.8. The third-order valence-corrected chi connectivity index (χ3v) is 3.79. The van der Waals surface area contributed by atoms with Gasteiger partial charge >= 0.3 is 0 Å². The molecule has 3 rings (SSSR count). The van der Waals surface area contributed by atoms with Gasteiger partial charge in [0.25, 0.3) is 0 Å². The van der Waals surface area contributed by atoms with Gasteiger partial charge in [0.05, 0.1) is 0 Å². The highest BCUT2D eigenvalue weighted by molar-refractivity contribution is 7.80. The van der Waals surface area contributed by atoms with Crippen molar-refractivity contribution >= 4 is 34.5 Å². The minimum atomic E-state index is -0.174. The number of ketones is 1. The molecular formula is C21H17N3OS. The number of hydrogen-bond acceptors (Lipinski definition) is 3. The molecule has 0 amide bonds. The van der Waals surface area contributed by atoms with E-state index in [9.17, 15) is 4.79 Å². The predicted molar refractivity (Wildman–Crippen MR) is 110 cm³/mol. The van der Waals surface area contributed by atoms with E-state index in [-0.39, 0.29) is 5.78 Å². The smallest absolute Gasteiger partial charge is 0.213 e. The van der Waals surface area contributed by atoms with Gasteiger partial charge in [0.2, 0.25) is 5.78 Å². The van der Waals surface area contributed by atoms with Gasteiger partial charge in [0, 0.05) is 16.8 Å². The van der Waals surface area contributed by atoms with Crippen LogP contribution in [0.4, 0.5) is 5.69 Å². The molecule has 0 heterocycles. The van der Waals surface area contributed by atoms with E-state index in [0.717, 1.165) is 11.3 Å². The largest absolute Gasteiger partial charge is 0.331 e. The molecule has 128 valence electrons. The minimum Gasteiger partial charge on any atom is -0.331 e. The number of thiocarbonyl (C=S) groups is 1. The van der Waals surface area contributed by atoms with E-state index in [2.05, 4.69) is 15.8 Å². The summed E-state index contributed by atoms with van der Waals surface area (Å²) < 4.78 is 0. The molecule has 0 aliphatic rings. The Hall–Kier alpha value is -3.31. The lowest BCUT2D eigenvalue weighted by Gasteiger charge is -2.10. The number of Topliss-reactive ketones (excluding diaryl/α,β-unsaturated/α-hetero) is 1. The summed E-state index contributed by atoms with van der Waals surface area (Å²) in [5.41, 5.74) is 5.20. The van der Waals surface area contributed by atoms with Crippen molar-refractivity contribution < 1.29 is 4.79 Å². The van der Waals surface area contributed by atoms with Crippen LogP contribution < -0.4 is 10.7 Å². The number of hydrogen-bond donors (Lipinski definition) is 2. The van der Waals surface area contributed by atoms with Crippen molar-refractivity contribution in [3.8, 4) is 0 Å². The molecule has 0 atom stereocenters. The van der Waals surface area contributed by atoms with Crippen LogP contribution >= 0.6 is 12.2 Å². The number of para-hydroxylation sites is 1. The van der Waals surface area contributed by atoms with E-state index in [0.29, 0.717) is 16.4 Å². The van der Waals surface area contributed by atoms with Crippen molar-refractivity contribution in [1.29, 1.82) is 0 Å². The lowest BCUT2D eigenvalue weighted by molar-refractivity contribution is 0.106. The molecule has 0 fully saturated rings. The van der Waals surface area contributed by atoms with Crippen LogP contribution in [0.1, 0.15) is 15.9 Å². The van der Waals surface area contributed by atoms with Gasteiger partial charge in [-0.2, -0.15) is 5.10 Å². The summed E-state index contributed by atoms with van der Waals surface area (Å²) in [7, 11) is 0. The Kier molecular flexibility index (Phi) is 5.85. The number of carbonyl (C=O) groups is 1. The number of hydrazone groups is 1. The minimum absolute atomic E-state index is 0.174. The predicted octanol–water partition coefficient (Wildman–Crippen LogP) is 4.26. The van der Waals surface area contributed by atoms with Crippen molar-refractivity contribution in [2.24, 2.45) is 5.10 Å². The second-order valence-electron chi connectivity index (χ2n) is 5.45. The van der Waals surface area contributed by atoms with E-state index in [4.69, 9.17) is 12.2 Å². The monoisotopic (exact) mass is 359 g/mol. The first-order valence-corrected chi connectivity index (χ1v) is 8.50. The lowest BCUT2D eigenvalue weighted by Crippen LogP contribution is -2.27. The molecule has 0 aromatic heterocycles. The Balaban J connectivity index is 1.82. The molecule has 5 heteroatoms. The first kappa shape index (κ1) is 17.5. The molecule has 0 radical (unpaired) electrons. The Morgan fingerprint density at radius 2 is 1.23 bits per heavy atom. The van der Waals surface area contributed by atoms with E-state index < -0.39 is 0 Å². The van der Waals surface area contributed by atoms with E-state index in [1.807, 2.05) is 78.9 Å². The number of anilines is 1. The zero-order chi connectivity index (χ0) is 18.2. The van der Waals surface area contributed by atoms with Gasteiger partial charge in [-0.15, -0.1) is 0 Å². The zero-order valence-electron chi connectivity index (χ0n) is 13.9. The van der Waals surface area contributed by atoms with Crippen molar-refractivity contribution in [3.05, 3.63) is 102 Å². The first-order valence-electron chi connectivity index (χ1n) is 8.09. The quantitative estimate of drug-likeness (QED) is 0.309. The average Bonchev–Trinajstić information content (AvgIpc) is 2.70. The highest BCUT2D eigenvalue weighted by Crippen LogP contribution is 2.09. The highest BCUT2D eigenvalue weighted by Gasteiger charge is 2.16. The number of benzene rings is 3. The Bertz CT molecular complexity index is 910. The van der Waals surface area contributed by atoms with Gasteiger partial charge in [0.15, 0.2) is 5.11 Å². The van der Waals surface area contributed by atoms with Gasteiger partial charge in [-0.05, 0) is 24.4 Å². The van der Waals surface area contributed by atoms with Crippen molar-refractivity contribution in [3.63, 3.8) is 0 Å². The Morgan fingerprint density at radius 3 is 1.81 bits per heavy atom. The summed E-state index contributed by atoms with van der Waals surface area (Å²) >= 11 is 5.27. The van der Waals surface area contributed by atoms with Crippen LogP contribution in [0.2, 0.25) is 0 Å². The fourth-order valence-electron chi connectivity index (χ4n) is 2.36. The third kappa shape index (κ3) is 4.62. The van der Waals surface area contributed by atoms with Gasteiger partial charge in [-0.25, -0.2) is 0 Å². The number of nitrogens with one attached hydrogen (secondary N) is 2. The molecule has 0 aliphatic carbocycles. The summed E-state index contributed by atoms with van der Waals surface area (Å²) in [5.74, 6) is -0.174. The molecule has 0 bridgehead atoms. The number of carbonyl (C=O) groups excluding carboxylic acids is 1. The molecule has 0 saturated heterocycles. The molecular weight excluding hydrogens is 342 g/mol. The number of rotatable bonds is 5. The number of nitrogens with zero attached hydrogens (tertiary/aromatic N) is 1. The summed E-state index contributed by atoms with van der Waals surface area (Å²) in [4.78, 5) is 12.9. The van der Waals surface area contributed by atoms with Crippen molar-refractivity contribution in [1.82, 2.24) is 5.43 Å². The summed E-state index contributed by atoms with van der Waals surface area (Å²) in [6, 6.07) is 27.9. The summed E-state index contributed by atoms with van der Waals surface area (Å²) in [5, 5.41) is 7.62. The lowest BCUT2D eigenvalue weighted by atomic mass is 10.0. The summed E-state index contributed by atoms with van der Waals surface area (Å²) in [6.45, 7) is 0. The molecule has 0 aliphatic heterocycles. The van der Waals surface area contributed by atoms with Gasteiger partial charge in [-0.1, -0.05) is 78.9 Å². The van der Waals surface area contributed by atoms with Gasteiger partial charge in [0.1, 0.15) is 5.71 Å². The molecule has 3 aromatic carbocycles. The molecule has 2 N–H and O–H groups in total. The molecule has 26 heavy (non-hydrogen) atoms. The van der Waals surface area contributed by atoms with Crippen LogP contribution in [-0.4, -0.2) is 16.6 Å². The van der Waals surface area contributed by atoms with Crippen LogP contribution in [0.25, 0.3) is 0 Å². The topological polar surface area (TPSA) is 53.5 Å². The van der Waals surface area contributed by atoms with Crippen LogP contribution in [0.3, 0.4) is 0 Å². The fraction of sp³-hybridized carbons (Fsp3) is 0.